The molecule has 4 rings (SSSR count). The standard InChI is InChI=1S/C17H14N4OS2/c1-8-5-11(9(2)24-8)15-14-13(10-3-4-23-7-10)12(6-18)16(19)22-17(14)21-20-15/h3-5,7,13H,19H2,1-2H3,(H,20,21)/t13-/m1/s1. The molecule has 120 valence electrons. The zero-order valence-corrected chi connectivity index (χ0v) is 14.7. The molecule has 0 fully saturated rings. The number of ether oxygens (including phenoxy) is 1. The predicted octanol–water partition coefficient (Wildman–Crippen LogP) is 4.03. The lowest BCUT2D eigenvalue weighted by atomic mass is 9.84. The van der Waals surface area contributed by atoms with Crippen LogP contribution in [0.1, 0.15) is 26.8 Å². The van der Waals surface area contributed by atoms with Crippen molar-refractivity contribution in [2.45, 2.75) is 19.8 Å². The first-order valence-corrected chi connectivity index (χ1v) is 9.11. The molecule has 24 heavy (non-hydrogen) atoms. The van der Waals surface area contributed by atoms with Crippen LogP contribution in [0.25, 0.3) is 11.3 Å². The second-order valence-electron chi connectivity index (χ2n) is 5.63. The number of rotatable bonds is 2. The number of nitrogens with zero attached hydrogens (tertiary/aromatic N) is 2. The van der Waals surface area contributed by atoms with Gasteiger partial charge in [0.2, 0.25) is 11.8 Å². The van der Waals surface area contributed by atoms with Crippen LogP contribution < -0.4 is 10.5 Å². The first-order chi connectivity index (χ1) is 11.6. The maximum Gasteiger partial charge on any atom is 0.244 e. The number of aromatic nitrogens is 2. The Morgan fingerprint density at radius 1 is 1.42 bits per heavy atom. The van der Waals surface area contributed by atoms with Crippen LogP contribution >= 0.6 is 22.7 Å². The number of hydrogen-bond donors (Lipinski definition) is 2. The highest BCUT2D eigenvalue weighted by Crippen LogP contribution is 2.47. The smallest absolute Gasteiger partial charge is 0.244 e. The number of thiophene rings is 2. The van der Waals surface area contributed by atoms with Gasteiger partial charge in [-0.2, -0.15) is 16.6 Å². The van der Waals surface area contributed by atoms with E-state index in [4.69, 9.17) is 10.5 Å². The van der Waals surface area contributed by atoms with Gasteiger partial charge in [0.05, 0.1) is 17.2 Å². The maximum atomic E-state index is 9.62. The minimum Gasteiger partial charge on any atom is -0.420 e. The fourth-order valence-corrected chi connectivity index (χ4v) is 4.72. The number of nitrogens with one attached hydrogen (secondary N) is 1. The number of allylic oxidation sites excluding steroid dienone is 1. The molecule has 0 aromatic carbocycles. The van der Waals surface area contributed by atoms with Crippen LogP contribution in [0.3, 0.4) is 0 Å². The van der Waals surface area contributed by atoms with Gasteiger partial charge in [-0.1, -0.05) is 0 Å². The topological polar surface area (TPSA) is 87.7 Å². The number of nitrogens with two attached hydrogens (primary N) is 1. The lowest BCUT2D eigenvalue weighted by Crippen LogP contribution is -2.20. The second-order valence-corrected chi connectivity index (χ2v) is 7.87. The van der Waals surface area contributed by atoms with Gasteiger partial charge in [-0.05, 0) is 42.3 Å². The molecular weight excluding hydrogens is 340 g/mol. The van der Waals surface area contributed by atoms with Crippen LogP contribution in [0, 0.1) is 25.2 Å². The summed E-state index contributed by atoms with van der Waals surface area (Å²) >= 11 is 3.33. The number of aryl methyl sites for hydroxylation is 2. The Balaban J connectivity index is 1.97. The fraction of sp³-hybridized carbons (Fsp3) is 0.176. The van der Waals surface area contributed by atoms with E-state index in [0.717, 1.165) is 22.4 Å². The third kappa shape index (κ3) is 2.15. The molecule has 5 nitrogen and oxygen atoms in total. The SMILES string of the molecule is Cc1cc(-c2[nH]nc3c2[C@H](c2ccsc2)C(C#N)=C(N)O3)c(C)s1. The Labute approximate surface area is 147 Å². The van der Waals surface area contributed by atoms with E-state index in [1.807, 2.05) is 16.8 Å². The highest BCUT2D eigenvalue weighted by Gasteiger charge is 2.36. The van der Waals surface area contributed by atoms with E-state index in [1.165, 1.54) is 9.75 Å². The molecule has 0 radical (unpaired) electrons. The van der Waals surface area contributed by atoms with Gasteiger partial charge in [0.25, 0.3) is 0 Å². The maximum absolute atomic E-state index is 9.62. The molecule has 0 unspecified atom stereocenters. The molecule has 1 aliphatic heterocycles. The number of H-pyrrole nitrogens is 1. The number of hydrogen-bond acceptors (Lipinski definition) is 6. The lowest BCUT2D eigenvalue weighted by molar-refractivity contribution is 0.379. The Bertz CT molecular complexity index is 989. The molecule has 0 saturated heterocycles. The molecule has 1 aliphatic rings. The molecule has 3 N–H and O–H groups in total. The largest absolute Gasteiger partial charge is 0.420 e. The molecule has 0 amide bonds. The summed E-state index contributed by atoms with van der Waals surface area (Å²) in [6.07, 6.45) is 0. The van der Waals surface area contributed by atoms with E-state index in [0.29, 0.717) is 11.5 Å². The molecule has 0 bridgehead atoms. The van der Waals surface area contributed by atoms with E-state index in [-0.39, 0.29) is 11.8 Å². The summed E-state index contributed by atoms with van der Waals surface area (Å²) in [7, 11) is 0. The molecule has 0 spiro atoms. The Hall–Kier alpha value is -2.56. The average Bonchev–Trinajstić information content (AvgIpc) is 3.26. The van der Waals surface area contributed by atoms with Gasteiger partial charge in [0.1, 0.15) is 11.6 Å². The van der Waals surface area contributed by atoms with Gasteiger partial charge in [-0.3, -0.25) is 5.10 Å². The van der Waals surface area contributed by atoms with E-state index in [2.05, 4.69) is 36.2 Å². The van der Waals surface area contributed by atoms with E-state index in [9.17, 15) is 5.26 Å². The normalized spacial score (nSPS) is 16.6. The quantitative estimate of drug-likeness (QED) is 0.727. The number of nitriles is 1. The van der Waals surface area contributed by atoms with E-state index < -0.39 is 0 Å². The second kappa shape index (κ2) is 5.51. The molecule has 4 heterocycles. The molecular formula is C17H14N4OS2. The number of fused-ring (bicyclic) bond motifs is 1. The molecule has 0 saturated carbocycles. The van der Waals surface area contributed by atoms with Gasteiger partial charge in [0, 0.05) is 15.3 Å². The lowest BCUT2D eigenvalue weighted by Gasteiger charge is -2.23. The third-order valence-electron chi connectivity index (χ3n) is 4.13. The van der Waals surface area contributed by atoms with Gasteiger partial charge >= 0.3 is 0 Å². The molecule has 0 aliphatic carbocycles. The highest BCUT2D eigenvalue weighted by molar-refractivity contribution is 7.12. The molecule has 7 heteroatoms. The van der Waals surface area contributed by atoms with Crippen LogP contribution in [-0.4, -0.2) is 10.2 Å². The molecule has 3 aromatic rings. The van der Waals surface area contributed by atoms with Crippen LogP contribution in [0.5, 0.6) is 5.88 Å². The van der Waals surface area contributed by atoms with Crippen LogP contribution in [0.15, 0.2) is 34.3 Å². The Morgan fingerprint density at radius 3 is 2.88 bits per heavy atom. The van der Waals surface area contributed by atoms with Crippen LogP contribution in [0.2, 0.25) is 0 Å². The van der Waals surface area contributed by atoms with Gasteiger partial charge < -0.3 is 10.5 Å². The minimum absolute atomic E-state index is 0.123. The van der Waals surface area contributed by atoms with Crippen LogP contribution in [0.4, 0.5) is 0 Å². The zero-order chi connectivity index (χ0) is 16.8. The summed E-state index contributed by atoms with van der Waals surface area (Å²) in [4.78, 5) is 2.43. The fourth-order valence-electron chi connectivity index (χ4n) is 3.10. The Kier molecular flexibility index (Phi) is 3.44. The first-order valence-electron chi connectivity index (χ1n) is 7.35. The van der Waals surface area contributed by atoms with Crippen molar-refractivity contribution in [2.24, 2.45) is 5.73 Å². The summed E-state index contributed by atoms with van der Waals surface area (Å²) in [5, 5.41) is 21.0. The predicted molar refractivity (Wildman–Crippen MR) is 95.0 cm³/mol. The summed E-state index contributed by atoms with van der Waals surface area (Å²) in [5.74, 6) is 0.303. The van der Waals surface area contributed by atoms with Crippen molar-refractivity contribution >= 4 is 22.7 Å². The highest BCUT2D eigenvalue weighted by atomic mass is 32.1. The summed E-state index contributed by atoms with van der Waals surface area (Å²) in [6.45, 7) is 4.16. The van der Waals surface area contributed by atoms with Crippen molar-refractivity contribution in [3.05, 3.63) is 55.2 Å². The van der Waals surface area contributed by atoms with Crippen LogP contribution in [-0.2, 0) is 0 Å². The van der Waals surface area contributed by atoms with E-state index >= 15 is 0 Å². The summed E-state index contributed by atoms with van der Waals surface area (Å²) in [5.41, 5.74) is 10.3. The monoisotopic (exact) mass is 354 g/mol. The Morgan fingerprint density at radius 2 is 2.25 bits per heavy atom. The van der Waals surface area contributed by atoms with Crippen molar-refractivity contribution in [3.8, 4) is 23.2 Å². The minimum atomic E-state index is -0.265. The van der Waals surface area contributed by atoms with Crippen molar-refractivity contribution in [1.82, 2.24) is 10.2 Å². The zero-order valence-electron chi connectivity index (χ0n) is 13.1. The molecule has 1 atom stereocenters. The third-order valence-corrected chi connectivity index (χ3v) is 5.79. The average molecular weight is 354 g/mol. The van der Waals surface area contributed by atoms with Gasteiger partial charge in [-0.15, -0.1) is 16.4 Å². The van der Waals surface area contributed by atoms with Gasteiger partial charge in [0.15, 0.2) is 0 Å². The van der Waals surface area contributed by atoms with E-state index in [1.54, 1.807) is 22.7 Å². The van der Waals surface area contributed by atoms with Crippen molar-refractivity contribution in [3.63, 3.8) is 0 Å². The van der Waals surface area contributed by atoms with Crippen molar-refractivity contribution < 1.29 is 4.74 Å². The van der Waals surface area contributed by atoms with Gasteiger partial charge in [-0.25, -0.2) is 0 Å². The summed E-state index contributed by atoms with van der Waals surface area (Å²) < 4.78 is 5.61. The first kappa shape index (κ1) is 15.0. The summed E-state index contributed by atoms with van der Waals surface area (Å²) in [6, 6.07) is 6.36. The van der Waals surface area contributed by atoms with Crippen molar-refractivity contribution in [2.75, 3.05) is 0 Å². The van der Waals surface area contributed by atoms with Crippen molar-refractivity contribution in [1.29, 1.82) is 5.26 Å². The number of aromatic amines is 1. The molecule has 3 aromatic heterocycles.